The van der Waals surface area contributed by atoms with Crippen molar-refractivity contribution in [3.63, 3.8) is 0 Å². The largest absolute Gasteiger partial charge is 0.283 e. The van der Waals surface area contributed by atoms with E-state index in [4.69, 9.17) is 0 Å². The predicted molar refractivity (Wildman–Crippen MR) is 90.6 cm³/mol. The summed E-state index contributed by atoms with van der Waals surface area (Å²) in [5.41, 5.74) is 1.76. The number of hydrogen-bond donors (Lipinski definition) is 0. The lowest BCUT2D eigenvalue weighted by Crippen LogP contribution is -2.39. The molecule has 4 rings (SSSR count). The lowest BCUT2D eigenvalue weighted by molar-refractivity contribution is 0.161. The van der Waals surface area contributed by atoms with Crippen molar-refractivity contribution in [3.05, 3.63) is 75.8 Å². The van der Waals surface area contributed by atoms with E-state index in [1.54, 1.807) is 16.8 Å². The second kappa shape index (κ2) is 6.41. The summed E-state index contributed by atoms with van der Waals surface area (Å²) in [6.07, 6.45) is 0. The first-order chi connectivity index (χ1) is 11.7. The third-order valence-corrected chi connectivity index (χ3v) is 4.74. The van der Waals surface area contributed by atoms with E-state index in [1.807, 2.05) is 18.2 Å². The highest BCUT2D eigenvalue weighted by atomic mass is 79.9. The molecule has 3 aromatic rings. The Kier molecular flexibility index (Phi) is 4.12. The normalized spacial score (nSPS) is 17.7. The number of tetrazole rings is 1. The van der Waals surface area contributed by atoms with Crippen molar-refractivity contribution in [1.82, 2.24) is 25.1 Å². The summed E-state index contributed by atoms with van der Waals surface area (Å²) in [4.78, 5) is 2.21. The molecule has 0 bridgehead atoms. The van der Waals surface area contributed by atoms with Crippen molar-refractivity contribution in [2.75, 3.05) is 6.54 Å². The van der Waals surface area contributed by atoms with Crippen LogP contribution in [-0.2, 0) is 13.1 Å². The van der Waals surface area contributed by atoms with Gasteiger partial charge in [0.05, 0.1) is 6.54 Å². The van der Waals surface area contributed by atoms with Gasteiger partial charge in [0.15, 0.2) is 5.82 Å². The van der Waals surface area contributed by atoms with Crippen LogP contribution in [0.4, 0.5) is 4.39 Å². The molecule has 1 aliphatic rings. The van der Waals surface area contributed by atoms with Gasteiger partial charge in [0.25, 0.3) is 0 Å². The Balaban J connectivity index is 1.74. The number of fused-ring (bicyclic) bond motifs is 1. The molecule has 0 radical (unpaired) electrons. The van der Waals surface area contributed by atoms with Crippen molar-refractivity contribution in [1.29, 1.82) is 0 Å². The lowest BCUT2D eigenvalue weighted by atomic mass is 10.0. The highest BCUT2D eigenvalue weighted by molar-refractivity contribution is 9.10. The molecule has 1 atom stereocenters. The van der Waals surface area contributed by atoms with Crippen LogP contribution in [0.15, 0.2) is 53.0 Å². The molecular formula is C17H15BrFN5. The molecule has 0 N–H and O–H groups in total. The van der Waals surface area contributed by atoms with Gasteiger partial charge in [-0.1, -0.05) is 46.3 Å². The highest BCUT2D eigenvalue weighted by Crippen LogP contribution is 2.32. The summed E-state index contributed by atoms with van der Waals surface area (Å²) in [6.45, 7) is 2.15. The van der Waals surface area contributed by atoms with E-state index in [1.165, 1.54) is 6.07 Å². The average Bonchev–Trinajstić information content (AvgIpc) is 3.04. The first kappa shape index (κ1) is 15.4. The van der Waals surface area contributed by atoms with Crippen LogP contribution >= 0.6 is 15.9 Å². The molecule has 24 heavy (non-hydrogen) atoms. The predicted octanol–water partition coefficient (Wildman–Crippen LogP) is 3.18. The quantitative estimate of drug-likeness (QED) is 0.692. The molecule has 2 aromatic carbocycles. The Morgan fingerprint density at radius 1 is 1.12 bits per heavy atom. The summed E-state index contributed by atoms with van der Waals surface area (Å²) < 4.78 is 17.2. The van der Waals surface area contributed by atoms with Gasteiger partial charge in [-0.05, 0) is 34.2 Å². The summed E-state index contributed by atoms with van der Waals surface area (Å²) in [6, 6.07) is 14.7. The number of nitrogens with zero attached hydrogens (tertiary/aromatic N) is 5. The standard InChI is InChI=1S/C17H15BrFN5/c18-13-5-3-4-12(10-13)11-23-8-9-24-17(20-21-22-24)16(23)14-6-1-2-7-15(14)19/h1-7,10,16H,8-9,11H2. The molecule has 7 heteroatoms. The monoisotopic (exact) mass is 387 g/mol. The van der Waals surface area contributed by atoms with E-state index in [-0.39, 0.29) is 11.9 Å². The molecule has 0 amide bonds. The molecule has 5 nitrogen and oxygen atoms in total. The van der Waals surface area contributed by atoms with Crippen LogP contribution in [-0.4, -0.2) is 31.7 Å². The number of halogens is 2. The van der Waals surface area contributed by atoms with Gasteiger partial charge in [-0.3, -0.25) is 4.90 Å². The molecule has 0 saturated carbocycles. The van der Waals surface area contributed by atoms with Gasteiger partial charge in [-0.2, -0.15) is 0 Å². The number of aromatic nitrogens is 4. The second-order valence-electron chi connectivity index (χ2n) is 5.78. The van der Waals surface area contributed by atoms with Crippen molar-refractivity contribution in [2.24, 2.45) is 0 Å². The third kappa shape index (κ3) is 2.85. The van der Waals surface area contributed by atoms with E-state index < -0.39 is 0 Å². The van der Waals surface area contributed by atoms with Gasteiger partial charge in [0.1, 0.15) is 11.9 Å². The zero-order valence-electron chi connectivity index (χ0n) is 12.8. The molecule has 0 saturated heterocycles. The first-order valence-corrected chi connectivity index (χ1v) is 8.50. The average molecular weight is 388 g/mol. The van der Waals surface area contributed by atoms with E-state index in [9.17, 15) is 4.39 Å². The molecule has 0 spiro atoms. The zero-order valence-corrected chi connectivity index (χ0v) is 14.4. The maximum Gasteiger partial charge on any atom is 0.173 e. The molecule has 1 aliphatic heterocycles. The Morgan fingerprint density at radius 2 is 2.00 bits per heavy atom. The van der Waals surface area contributed by atoms with E-state index >= 15 is 0 Å². The van der Waals surface area contributed by atoms with Gasteiger partial charge in [-0.25, -0.2) is 9.07 Å². The van der Waals surface area contributed by atoms with Crippen LogP contribution in [0.25, 0.3) is 0 Å². The van der Waals surface area contributed by atoms with Gasteiger partial charge in [0, 0.05) is 23.1 Å². The fraction of sp³-hybridized carbons (Fsp3) is 0.235. The third-order valence-electron chi connectivity index (χ3n) is 4.24. The zero-order chi connectivity index (χ0) is 16.5. The van der Waals surface area contributed by atoms with Crippen LogP contribution in [0.5, 0.6) is 0 Å². The smallest absolute Gasteiger partial charge is 0.173 e. The molecule has 122 valence electrons. The number of hydrogen-bond acceptors (Lipinski definition) is 4. The van der Waals surface area contributed by atoms with Crippen molar-refractivity contribution < 1.29 is 4.39 Å². The Morgan fingerprint density at radius 3 is 2.83 bits per heavy atom. The van der Waals surface area contributed by atoms with Crippen molar-refractivity contribution in [2.45, 2.75) is 19.1 Å². The van der Waals surface area contributed by atoms with Crippen LogP contribution in [0.1, 0.15) is 23.0 Å². The molecule has 0 aliphatic carbocycles. The number of rotatable bonds is 3. The minimum atomic E-state index is -0.297. The lowest BCUT2D eigenvalue weighted by Gasteiger charge is -2.35. The van der Waals surface area contributed by atoms with Gasteiger partial charge < -0.3 is 0 Å². The van der Waals surface area contributed by atoms with Crippen LogP contribution in [0.3, 0.4) is 0 Å². The summed E-state index contributed by atoms with van der Waals surface area (Å²) in [5, 5.41) is 11.9. The maximum absolute atomic E-state index is 14.4. The number of benzene rings is 2. The van der Waals surface area contributed by atoms with Gasteiger partial charge in [0.2, 0.25) is 0 Å². The fourth-order valence-electron chi connectivity index (χ4n) is 3.16. The maximum atomic E-state index is 14.4. The second-order valence-corrected chi connectivity index (χ2v) is 6.70. The van der Waals surface area contributed by atoms with Crippen molar-refractivity contribution >= 4 is 15.9 Å². The van der Waals surface area contributed by atoms with Gasteiger partial charge >= 0.3 is 0 Å². The fourth-order valence-corrected chi connectivity index (χ4v) is 3.60. The Hall–Kier alpha value is -2.12. The topological polar surface area (TPSA) is 46.8 Å². The molecule has 2 heterocycles. The first-order valence-electron chi connectivity index (χ1n) is 7.71. The highest BCUT2D eigenvalue weighted by Gasteiger charge is 2.33. The summed E-state index contributed by atoms with van der Waals surface area (Å²) in [7, 11) is 0. The van der Waals surface area contributed by atoms with Crippen LogP contribution < -0.4 is 0 Å². The minimum absolute atomic E-state index is 0.238. The van der Waals surface area contributed by atoms with E-state index in [0.29, 0.717) is 24.5 Å². The Bertz CT molecular complexity index is 865. The molecule has 0 fully saturated rings. The van der Waals surface area contributed by atoms with Gasteiger partial charge in [-0.15, -0.1) is 5.10 Å². The van der Waals surface area contributed by atoms with E-state index in [2.05, 4.69) is 48.5 Å². The SMILES string of the molecule is Fc1ccccc1C1c2nnnn2CCN1Cc1cccc(Br)c1. The summed E-state index contributed by atoms with van der Waals surface area (Å²) in [5.74, 6) is 0.444. The Labute approximate surface area is 147 Å². The molecule has 1 unspecified atom stereocenters. The van der Waals surface area contributed by atoms with E-state index in [0.717, 1.165) is 16.6 Å². The van der Waals surface area contributed by atoms with Crippen LogP contribution in [0, 0.1) is 5.82 Å². The summed E-state index contributed by atoms with van der Waals surface area (Å²) >= 11 is 3.50. The molecular weight excluding hydrogens is 373 g/mol. The van der Waals surface area contributed by atoms with Crippen LogP contribution in [0.2, 0.25) is 0 Å². The minimum Gasteiger partial charge on any atom is -0.283 e. The van der Waals surface area contributed by atoms with Crippen molar-refractivity contribution in [3.8, 4) is 0 Å². The molecule has 1 aromatic heterocycles.